The SMILES string of the molecule is COP(=O)(O)OC(COC(=O)NCCC(=O)NCCCO[C@@H]1O[C@H](CO)[C@H](O)[C@H](O)[C@H]1NC(C)=O)COC(=O)NCCC(=O)NCCCO[C@@H]1O[C@H](CO)[C@H](O)[C@H](O)[C@H]1NC(C)=O. The van der Waals surface area contributed by atoms with Crippen molar-refractivity contribution in [1.29, 1.82) is 0 Å². The molecule has 6 amide bonds. The molecule has 28 nitrogen and oxygen atoms in total. The number of carbonyl (C=O) groups excluding carboxylic acids is 6. The standard InChI is InChI=1S/C34H61N6O22P/c1-18(43)39-25-29(49)27(47)21(14-41)60-31(25)56-12-4-8-35-23(45)6-10-37-33(51)58-16-20(62-63(53,54)55-3)17-59-34(52)38-11-7-24(46)36-9-5-13-57-32-26(40-19(2)44)30(50)28(48)22(15-42)61-32/h20-22,25-32,41-42,47-50H,4-17H2,1-3H3,(H,35,45)(H,36,46)(H,37,51)(H,38,52)(H,39,43)(H,40,44)(H,53,54)/t21-,22-,25-,26-,27+,28+,29-,30-,31-,32-/m1/s1. The summed E-state index contributed by atoms with van der Waals surface area (Å²) < 4.78 is 53.2. The normalized spacial score (nSPS) is 26.7. The minimum Gasteiger partial charge on any atom is -0.447 e. The average Bonchev–Trinajstić information content (AvgIpc) is 3.23. The number of aliphatic hydroxyl groups excluding tert-OH is 6. The van der Waals surface area contributed by atoms with Gasteiger partial charge in [0.1, 0.15) is 68.0 Å². The molecule has 0 aliphatic carbocycles. The molecule has 13 N–H and O–H groups in total. The van der Waals surface area contributed by atoms with Crippen LogP contribution in [0.25, 0.3) is 0 Å². The average molecular weight is 937 g/mol. The van der Waals surface area contributed by atoms with Gasteiger partial charge in [0.2, 0.25) is 23.6 Å². The Morgan fingerprint density at radius 3 is 1.38 bits per heavy atom. The minimum absolute atomic E-state index is 0.0144. The van der Waals surface area contributed by atoms with Gasteiger partial charge in [-0.2, -0.15) is 0 Å². The van der Waals surface area contributed by atoms with Crippen LogP contribution in [0.3, 0.4) is 0 Å². The Hall–Kier alpha value is -3.87. The van der Waals surface area contributed by atoms with Crippen molar-refractivity contribution in [2.24, 2.45) is 0 Å². The molecule has 0 radical (unpaired) electrons. The van der Waals surface area contributed by atoms with Gasteiger partial charge in [0.05, 0.1) is 26.4 Å². The maximum atomic E-state index is 12.2. The highest BCUT2D eigenvalue weighted by atomic mass is 31.2. The monoisotopic (exact) mass is 936 g/mol. The predicted octanol–water partition coefficient (Wildman–Crippen LogP) is -5.72. The largest absolute Gasteiger partial charge is 0.472 e. The van der Waals surface area contributed by atoms with E-state index in [9.17, 15) is 68.9 Å². The molecule has 0 aromatic carbocycles. The summed E-state index contributed by atoms with van der Waals surface area (Å²) in [5.74, 6) is -1.99. The lowest BCUT2D eigenvalue weighted by atomic mass is 9.97. The molecule has 364 valence electrons. The topological polar surface area (TPSA) is 407 Å². The van der Waals surface area contributed by atoms with Gasteiger partial charge in [-0.05, 0) is 12.8 Å². The Bertz CT molecular complexity index is 1410. The van der Waals surface area contributed by atoms with Crippen molar-refractivity contribution >= 4 is 43.6 Å². The Kier molecular flexibility index (Phi) is 25.3. The van der Waals surface area contributed by atoms with Gasteiger partial charge in [0.25, 0.3) is 0 Å². The zero-order valence-corrected chi connectivity index (χ0v) is 35.8. The fourth-order valence-corrected chi connectivity index (χ4v) is 6.32. The number of amides is 6. The lowest BCUT2D eigenvalue weighted by Crippen LogP contribution is -2.64. The number of carbonyl (C=O) groups is 6. The van der Waals surface area contributed by atoms with E-state index in [4.69, 9.17) is 32.9 Å². The van der Waals surface area contributed by atoms with Gasteiger partial charge < -0.3 is 95.9 Å². The minimum atomic E-state index is -4.66. The fraction of sp³-hybridized carbons (Fsp3) is 0.824. The Balaban J connectivity index is 1.64. The van der Waals surface area contributed by atoms with Crippen LogP contribution in [-0.4, -0.2) is 212 Å². The highest BCUT2D eigenvalue weighted by molar-refractivity contribution is 7.47. The van der Waals surface area contributed by atoms with Crippen LogP contribution in [0.1, 0.15) is 39.5 Å². The molecule has 0 aromatic rings. The maximum absolute atomic E-state index is 12.2. The highest BCUT2D eigenvalue weighted by Gasteiger charge is 2.46. The molecule has 2 heterocycles. The van der Waals surface area contributed by atoms with Gasteiger partial charge in [-0.1, -0.05) is 0 Å². The van der Waals surface area contributed by atoms with Crippen molar-refractivity contribution in [2.75, 3.05) is 72.9 Å². The molecular weight excluding hydrogens is 875 g/mol. The molecule has 29 heteroatoms. The van der Waals surface area contributed by atoms with Gasteiger partial charge >= 0.3 is 20.0 Å². The molecule has 2 rings (SSSR count). The van der Waals surface area contributed by atoms with E-state index in [0.717, 1.165) is 7.11 Å². The van der Waals surface area contributed by atoms with Crippen molar-refractivity contribution in [2.45, 2.75) is 107 Å². The second kappa shape index (κ2) is 28.8. The molecular formula is C34H61N6O22P. The molecule has 0 spiro atoms. The number of aliphatic hydroxyl groups is 6. The van der Waals surface area contributed by atoms with Crippen molar-refractivity contribution in [3.8, 4) is 0 Å². The Morgan fingerprint density at radius 2 is 1.03 bits per heavy atom. The van der Waals surface area contributed by atoms with E-state index in [2.05, 4.69) is 36.4 Å². The number of hydrogen-bond acceptors (Lipinski definition) is 21. The van der Waals surface area contributed by atoms with Gasteiger partial charge in [0, 0.05) is 60.0 Å². The zero-order chi connectivity index (χ0) is 47.1. The third-order valence-corrected chi connectivity index (χ3v) is 9.93. The van der Waals surface area contributed by atoms with Crippen LogP contribution in [0.2, 0.25) is 0 Å². The molecule has 1 unspecified atom stereocenters. The molecule has 2 saturated heterocycles. The first kappa shape index (κ1) is 55.3. The summed E-state index contributed by atoms with van der Waals surface area (Å²) in [5.41, 5.74) is 0. The summed E-state index contributed by atoms with van der Waals surface area (Å²) in [5, 5.41) is 74.2. The lowest BCUT2D eigenvalue weighted by molar-refractivity contribution is -0.270. The predicted molar refractivity (Wildman–Crippen MR) is 208 cm³/mol. The van der Waals surface area contributed by atoms with Gasteiger partial charge in [-0.15, -0.1) is 0 Å². The third-order valence-electron chi connectivity index (χ3n) is 8.91. The second-order valence-corrected chi connectivity index (χ2v) is 15.5. The van der Waals surface area contributed by atoms with E-state index < -0.39 is 137 Å². The molecule has 0 bridgehead atoms. The molecule has 2 fully saturated rings. The fourth-order valence-electron chi connectivity index (χ4n) is 5.74. The van der Waals surface area contributed by atoms with E-state index >= 15 is 0 Å². The summed E-state index contributed by atoms with van der Waals surface area (Å²) in [6.07, 6.45) is -14.1. The molecule has 11 atom stereocenters. The number of nitrogens with one attached hydrogen (secondary N) is 6. The summed E-state index contributed by atoms with van der Waals surface area (Å²) in [4.78, 5) is 81.7. The van der Waals surface area contributed by atoms with Crippen LogP contribution >= 0.6 is 7.82 Å². The van der Waals surface area contributed by atoms with Gasteiger partial charge in [-0.3, -0.25) is 28.2 Å². The Morgan fingerprint density at radius 1 is 0.635 bits per heavy atom. The Labute approximate surface area is 361 Å². The number of hydrogen-bond donors (Lipinski definition) is 13. The zero-order valence-electron chi connectivity index (χ0n) is 35.0. The van der Waals surface area contributed by atoms with E-state index in [0.29, 0.717) is 0 Å². The first-order chi connectivity index (χ1) is 29.8. The van der Waals surface area contributed by atoms with Crippen LogP contribution in [0.5, 0.6) is 0 Å². The molecule has 0 saturated carbocycles. The molecule has 2 aliphatic heterocycles. The number of rotatable bonds is 27. The van der Waals surface area contributed by atoms with Crippen LogP contribution in [0.4, 0.5) is 9.59 Å². The van der Waals surface area contributed by atoms with Gasteiger partial charge in [0.15, 0.2) is 12.6 Å². The number of phosphoric ester groups is 1. The smallest absolute Gasteiger partial charge is 0.447 e. The number of phosphoric acid groups is 1. The molecule has 63 heavy (non-hydrogen) atoms. The summed E-state index contributed by atoms with van der Waals surface area (Å²) in [6, 6.07) is -2.24. The summed E-state index contributed by atoms with van der Waals surface area (Å²) in [7, 11) is -3.79. The van der Waals surface area contributed by atoms with Crippen molar-refractivity contribution < 1.29 is 106 Å². The number of alkyl carbamates (subject to hydrolysis) is 2. The van der Waals surface area contributed by atoms with Crippen LogP contribution in [-0.2, 0) is 61.2 Å². The van der Waals surface area contributed by atoms with Crippen molar-refractivity contribution in [1.82, 2.24) is 31.9 Å². The summed E-state index contributed by atoms with van der Waals surface area (Å²) in [6.45, 7) is -0.444. The van der Waals surface area contributed by atoms with Crippen LogP contribution in [0.15, 0.2) is 0 Å². The molecule has 2 aliphatic rings. The molecule has 0 aromatic heterocycles. The van der Waals surface area contributed by atoms with E-state index in [-0.39, 0.29) is 65.1 Å². The second-order valence-electron chi connectivity index (χ2n) is 13.9. The van der Waals surface area contributed by atoms with E-state index in [1.165, 1.54) is 13.8 Å². The van der Waals surface area contributed by atoms with Crippen LogP contribution < -0.4 is 31.9 Å². The highest BCUT2D eigenvalue weighted by Crippen LogP contribution is 2.43. The summed E-state index contributed by atoms with van der Waals surface area (Å²) >= 11 is 0. The van der Waals surface area contributed by atoms with Crippen molar-refractivity contribution in [3.05, 3.63) is 0 Å². The first-order valence-corrected chi connectivity index (χ1v) is 21.3. The first-order valence-electron chi connectivity index (χ1n) is 19.8. The lowest BCUT2D eigenvalue weighted by Gasteiger charge is -2.42. The van der Waals surface area contributed by atoms with E-state index in [1.807, 2.05) is 0 Å². The van der Waals surface area contributed by atoms with Gasteiger partial charge in [-0.25, -0.2) is 14.2 Å². The van der Waals surface area contributed by atoms with Crippen molar-refractivity contribution in [3.63, 3.8) is 0 Å². The maximum Gasteiger partial charge on any atom is 0.472 e. The quantitative estimate of drug-likeness (QED) is 0.0270. The number of ether oxygens (including phenoxy) is 6. The van der Waals surface area contributed by atoms with E-state index in [1.54, 1.807) is 0 Å². The third kappa shape index (κ3) is 20.7. The van der Waals surface area contributed by atoms with Crippen LogP contribution in [0, 0.1) is 0 Å².